The quantitative estimate of drug-likeness (QED) is 0.369. The van der Waals surface area contributed by atoms with E-state index in [9.17, 15) is 19.2 Å². The lowest BCUT2D eigenvalue weighted by Gasteiger charge is -2.35. The number of nitrogens with zero attached hydrogens (tertiary/aromatic N) is 1. The fraction of sp³-hybridized carbons (Fsp3) is 0.643. The minimum atomic E-state index is -0.424. The average molecular weight is 500 g/mol. The maximum Gasteiger partial charge on any atom is 0.309 e. The van der Waals surface area contributed by atoms with Gasteiger partial charge in [0.25, 0.3) is 0 Å². The third-order valence-corrected chi connectivity index (χ3v) is 7.08. The van der Waals surface area contributed by atoms with Crippen LogP contribution < -0.4 is 11.1 Å². The Balaban J connectivity index is 0.000000212. The van der Waals surface area contributed by atoms with Crippen molar-refractivity contribution in [1.29, 1.82) is 0 Å². The van der Waals surface area contributed by atoms with Crippen LogP contribution in [0, 0.1) is 11.8 Å². The van der Waals surface area contributed by atoms with Crippen molar-refractivity contribution in [2.24, 2.45) is 11.8 Å². The van der Waals surface area contributed by atoms with Crippen LogP contribution in [-0.2, 0) is 23.9 Å². The van der Waals surface area contributed by atoms with Crippen LogP contribution in [0.2, 0.25) is 0 Å². The van der Waals surface area contributed by atoms with Crippen LogP contribution in [0.5, 0.6) is 0 Å². The highest BCUT2D eigenvalue weighted by atomic mass is 16.6. The standard InChI is InChI=1S/C17H29NO3.C11H12N2O2/c1-17(2,3)21-16(20)14-9-11-18(12-10-14)15(19)13-7-5-4-6-8-13;12-8-3-1-7(2-4-8)9-5-6-10(14)13-11(9)15/h13-14H,4-12H2,1-3H3;1-4,9H,5-6,12H2,(H,13,14,15). The van der Waals surface area contributed by atoms with E-state index in [1.165, 1.54) is 19.3 Å². The number of amides is 3. The zero-order chi connectivity index (χ0) is 26.3. The molecule has 3 fully saturated rings. The minimum absolute atomic E-state index is 0.0420. The molecule has 36 heavy (non-hydrogen) atoms. The predicted molar refractivity (Wildman–Crippen MR) is 138 cm³/mol. The number of anilines is 1. The van der Waals surface area contributed by atoms with E-state index < -0.39 is 5.60 Å². The van der Waals surface area contributed by atoms with Crippen molar-refractivity contribution in [3.63, 3.8) is 0 Å². The van der Waals surface area contributed by atoms with Crippen molar-refractivity contribution in [3.8, 4) is 0 Å². The normalized spacial score (nSPS) is 21.8. The summed E-state index contributed by atoms with van der Waals surface area (Å²) in [6.45, 7) is 7.10. The molecule has 2 saturated heterocycles. The number of hydrogen-bond donors (Lipinski definition) is 2. The molecule has 0 spiro atoms. The number of carbonyl (C=O) groups is 4. The SMILES string of the molecule is CC(C)(C)OC(=O)C1CCN(C(=O)C2CCCCC2)CC1.Nc1ccc(C2CCC(=O)NC2=O)cc1. The topological polar surface area (TPSA) is 119 Å². The van der Waals surface area contributed by atoms with Crippen LogP contribution in [0.3, 0.4) is 0 Å². The number of benzene rings is 1. The molecule has 3 amide bonds. The van der Waals surface area contributed by atoms with Crippen LogP contribution >= 0.6 is 0 Å². The van der Waals surface area contributed by atoms with Crippen LogP contribution in [0.25, 0.3) is 0 Å². The van der Waals surface area contributed by atoms with E-state index in [2.05, 4.69) is 5.32 Å². The van der Waals surface area contributed by atoms with E-state index >= 15 is 0 Å². The largest absolute Gasteiger partial charge is 0.460 e. The van der Waals surface area contributed by atoms with Gasteiger partial charge < -0.3 is 15.4 Å². The number of imide groups is 1. The number of esters is 1. The highest BCUT2D eigenvalue weighted by Crippen LogP contribution is 2.28. The highest BCUT2D eigenvalue weighted by molar-refractivity contribution is 6.00. The number of nitrogens with two attached hydrogens (primary N) is 1. The van der Waals surface area contributed by atoms with Gasteiger partial charge in [0.15, 0.2) is 0 Å². The van der Waals surface area contributed by atoms with Gasteiger partial charge >= 0.3 is 5.97 Å². The summed E-state index contributed by atoms with van der Waals surface area (Å²) < 4.78 is 5.45. The third kappa shape index (κ3) is 8.07. The van der Waals surface area contributed by atoms with E-state index in [-0.39, 0.29) is 35.5 Å². The predicted octanol–water partition coefficient (Wildman–Crippen LogP) is 3.94. The molecule has 2 aliphatic heterocycles. The lowest BCUT2D eigenvalue weighted by atomic mass is 9.87. The van der Waals surface area contributed by atoms with Crippen LogP contribution in [0.4, 0.5) is 5.69 Å². The first-order valence-electron chi connectivity index (χ1n) is 13.2. The summed E-state index contributed by atoms with van der Waals surface area (Å²) >= 11 is 0. The second-order valence-corrected chi connectivity index (χ2v) is 11.1. The maximum absolute atomic E-state index is 12.5. The Labute approximate surface area is 214 Å². The van der Waals surface area contributed by atoms with Gasteiger partial charge in [-0.25, -0.2) is 0 Å². The van der Waals surface area contributed by atoms with Gasteiger partial charge in [0.05, 0.1) is 11.8 Å². The summed E-state index contributed by atoms with van der Waals surface area (Å²) in [7, 11) is 0. The summed E-state index contributed by atoms with van der Waals surface area (Å²) in [5.74, 6) is -0.216. The van der Waals surface area contributed by atoms with Gasteiger partial charge in [-0.1, -0.05) is 31.4 Å². The Morgan fingerprint density at radius 1 is 0.917 bits per heavy atom. The first-order chi connectivity index (χ1) is 17.0. The lowest BCUT2D eigenvalue weighted by molar-refractivity contribution is -0.162. The van der Waals surface area contributed by atoms with E-state index in [1.807, 2.05) is 37.8 Å². The number of likely N-dealkylation sites (tertiary alicyclic amines) is 1. The summed E-state index contributed by atoms with van der Waals surface area (Å²) in [5.41, 5.74) is 6.72. The molecule has 198 valence electrons. The molecule has 1 aliphatic carbocycles. The molecule has 1 unspecified atom stereocenters. The molecule has 8 heteroatoms. The molecule has 1 saturated carbocycles. The van der Waals surface area contributed by atoms with Gasteiger partial charge in [-0.05, 0) is 70.6 Å². The molecule has 8 nitrogen and oxygen atoms in total. The van der Waals surface area contributed by atoms with Gasteiger partial charge in [-0.3, -0.25) is 24.5 Å². The first kappa shape index (κ1) is 27.7. The number of rotatable bonds is 3. The average Bonchev–Trinajstić information content (AvgIpc) is 2.84. The summed E-state index contributed by atoms with van der Waals surface area (Å²) in [6.07, 6.45) is 8.20. The fourth-order valence-corrected chi connectivity index (χ4v) is 5.07. The maximum atomic E-state index is 12.5. The number of ether oxygens (including phenoxy) is 1. The van der Waals surface area contributed by atoms with Gasteiger partial charge in [-0.2, -0.15) is 0 Å². The summed E-state index contributed by atoms with van der Waals surface area (Å²) in [5, 5.41) is 2.33. The number of piperidine rings is 2. The fourth-order valence-electron chi connectivity index (χ4n) is 5.07. The molecule has 2 heterocycles. The lowest BCUT2D eigenvalue weighted by Crippen LogP contribution is -2.44. The van der Waals surface area contributed by atoms with E-state index in [0.717, 1.165) is 31.2 Å². The molecule has 4 rings (SSSR count). The zero-order valence-corrected chi connectivity index (χ0v) is 21.9. The number of hydrogen-bond acceptors (Lipinski definition) is 6. The second kappa shape index (κ2) is 12.4. The van der Waals surface area contributed by atoms with E-state index in [1.54, 1.807) is 12.1 Å². The van der Waals surface area contributed by atoms with Crippen LogP contribution in [0.1, 0.15) is 90.0 Å². The molecule has 0 aromatic heterocycles. The van der Waals surface area contributed by atoms with Crippen molar-refractivity contribution in [2.75, 3.05) is 18.8 Å². The van der Waals surface area contributed by atoms with Crippen LogP contribution in [0.15, 0.2) is 24.3 Å². The van der Waals surface area contributed by atoms with Crippen molar-refractivity contribution in [1.82, 2.24) is 10.2 Å². The summed E-state index contributed by atoms with van der Waals surface area (Å²) in [4.78, 5) is 49.0. The molecule has 0 radical (unpaired) electrons. The Morgan fingerprint density at radius 2 is 1.53 bits per heavy atom. The van der Waals surface area contributed by atoms with Gasteiger partial charge in [-0.15, -0.1) is 0 Å². The Bertz CT molecular complexity index is 923. The molecule has 1 aromatic carbocycles. The Morgan fingerprint density at radius 3 is 2.08 bits per heavy atom. The Hall–Kier alpha value is -2.90. The second-order valence-electron chi connectivity index (χ2n) is 11.1. The first-order valence-corrected chi connectivity index (χ1v) is 13.2. The summed E-state index contributed by atoms with van der Waals surface area (Å²) in [6, 6.07) is 7.18. The van der Waals surface area contributed by atoms with Gasteiger partial charge in [0.1, 0.15) is 5.60 Å². The third-order valence-electron chi connectivity index (χ3n) is 7.08. The molecule has 1 aromatic rings. The van der Waals surface area contributed by atoms with E-state index in [0.29, 0.717) is 37.5 Å². The number of nitrogens with one attached hydrogen (secondary N) is 1. The Kier molecular flexibility index (Phi) is 9.51. The zero-order valence-electron chi connectivity index (χ0n) is 21.9. The van der Waals surface area contributed by atoms with Gasteiger partial charge in [0, 0.05) is 31.1 Å². The molecule has 1 atom stereocenters. The van der Waals surface area contributed by atoms with Crippen molar-refractivity contribution in [3.05, 3.63) is 29.8 Å². The molecule has 3 N–H and O–H groups in total. The molecular weight excluding hydrogens is 458 g/mol. The number of nitrogen functional groups attached to an aromatic ring is 1. The van der Waals surface area contributed by atoms with E-state index in [4.69, 9.17) is 10.5 Å². The monoisotopic (exact) mass is 499 g/mol. The van der Waals surface area contributed by atoms with Gasteiger partial charge in [0.2, 0.25) is 17.7 Å². The molecule has 0 bridgehead atoms. The highest BCUT2D eigenvalue weighted by Gasteiger charge is 2.33. The molecule has 3 aliphatic rings. The smallest absolute Gasteiger partial charge is 0.309 e. The number of carbonyl (C=O) groups excluding carboxylic acids is 4. The van der Waals surface area contributed by atoms with Crippen molar-refractivity contribution >= 4 is 29.4 Å². The van der Waals surface area contributed by atoms with Crippen molar-refractivity contribution in [2.45, 2.75) is 90.1 Å². The van der Waals surface area contributed by atoms with Crippen LogP contribution in [-0.4, -0.2) is 47.3 Å². The molecular formula is C28H41N3O5. The minimum Gasteiger partial charge on any atom is -0.460 e. The van der Waals surface area contributed by atoms with Crippen molar-refractivity contribution < 1.29 is 23.9 Å².